The molecule has 0 aromatic rings. The van der Waals surface area contributed by atoms with Crippen LogP contribution in [0.4, 0.5) is 0 Å². The lowest BCUT2D eigenvalue weighted by atomic mass is 10.1. The highest BCUT2D eigenvalue weighted by molar-refractivity contribution is 6.17. The van der Waals surface area contributed by atoms with Crippen LogP contribution >= 0.6 is 11.6 Å². The topological polar surface area (TPSA) is 47.7 Å². The van der Waals surface area contributed by atoms with Crippen LogP contribution in [0, 0.1) is 10.8 Å². The Morgan fingerprint density at radius 1 is 1.17 bits per heavy atom. The van der Waals surface area contributed by atoms with E-state index in [0.29, 0.717) is 5.88 Å². The lowest BCUT2D eigenvalue weighted by Gasteiger charge is -2.00. The van der Waals surface area contributed by atoms with E-state index in [1.807, 2.05) is 0 Å². The van der Waals surface area contributed by atoms with Crippen molar-refractivity contribution in [3.05, 3.63) is 0 Å². The van der Waals surface area contributed by atoms with Gasteiger partial charge in [-0.1, -0.05) is 0 Å². The van der Waals surface area contributed by atoms with Crippen LogP contribution in [0.15, 0.2) is 0 Å². The molecule has 0 fully saturated rings. The first-order valence-electron chi connectivity index (χ1n) is 4.42. The molecular formula is C9H17ClN2. The zero-order valence-corrected chi connectivity index (χ0v) is 8.16. The highest BCUT2D eigenvalue weighted by Gasteiger charge is 1.96. The lowest BCUT2D eigenvalue weighted by molar-refractivity contribution is 0.783. The van der Waals surface area contributed by atoms with Gasteiger partial charge in [0.15, 0.2) is 0 Å². The first-order valence-corrected chi connectivity index (χ1v) is 4.96. The van der Waals surface area contributed by atoms with Crippen LogP contribution in [-0.4, -0.2) is 17.8 Å². The van der Waals surface area contributed by atoms with Crippen molar-refractivity contribution in [3.8, 4) is 0 Å². The van der Waals surface area contributed by atoms with E-state index in [9.17, 15) is 0 Å². The molecule has 0 aliphatic heterocycles. The third-order valence-electron chi connectivity index (χ3n) is 1.69. The Bertz CT molecular complexity index is 134. The second-order valence-electron chi connectivity index (χ2n) is 2.85. The van der Waals surface area contributed by atoms with Crippen molar-refractivity contribution >= 4 is 23.5 Å². The molecule has 0 aliphatic rings. The molecule has 0 saturated carbocycles. The van der Waals surface area contributed by atoms with Crippen LogP contribution in [0.5, 0.6) is 0 Å². The van der Waals surface area contributed by atoms with E-state index in [1.54, 1.807) is 0 Å². The molecule has 0 heterocycles. The number of rotatable bonds is 8. The first kappa shape index (κ1) is 11.6. The second-order valence-corrected chi connectivity index (χ2v) is 3.22. The van der Waals surface area contributed by atoms with Gasteiger partial charge in [0.05, 0.1) is 0 Å². The van der Waals surface area contributed by atoms with Crippen molar-refractivity contribution < 1.29 is 0 Å². The minimum absolute atomic E-state index is 0.656. The number of hydrogen-bond acceptors (Lipinski definition) is 2. The summed E-state index contributed by atoms with van der Waals surface area (Å²) in [6.07, 6.45) is 7.00. The molecule has 3 heteroatoms. The van der Waals surface area contributed by atoms with E-state index in [-0.39, 0.29) is 0 Å². The fourth-order valence-electron chi connectivity index (χ4n) is 0.990. The highest BCUT2D eigenvalue weighted by Crippen LogP contribution is 2.03. The molecule has 0 atom stereocenters. The molecule has 0 bridgehead atoms. The molecule has 0 unspecified atom stereocenters. The van der Waals surface area contributed by atoms with Gasteiger partial charge in [0.25, 0.3) is 0 Å². The fraction of sp³-hybridized carbons (Fsp3) is 0.778. The van der Waals surface area contributed by atoms with Crippen LogP contribution < -0.4 is 0 Å². The molecule has 2 N–H and O–H groups in total. The normalized spacial score (nSPS) is 9.75. The molecule has 2 nitrogen and oxygen atoms in total. The Hall–Kier alpha value is -0.370. The molecule has 0 aromatic carbocycles. The molecule has 0 radical (unpaired) electrons. The van der Waals surface area contributed by atoms with Crippen molar-refractivity contribution in [1.82, 2.24) is 0 Å². The molecule has 0 saturated heterocycles. The predicted octanol–water partition coefficient (Wildman–Crippen LogP) is 3.24. The van der Waals surface area contributed by atoms with Crippen molar-refractivity contribution in [2.75, 3.05) is 5.88 Å². The van der Waals surface area contributed by atoms with Crippen molar-refractivity contribution in [1.29, 1.82) is 10.8 Å². The van der Waals surface area contributed by atoms with Crippen molar-refractivity contribution in [3.63, 3.8) is 0 Å². The van der Waals surface area contributed by atoms with Gasteiger partial charge in [-0.3, -0.25) is 0 Å². The number of alkyl halides is 1. The summed E-state index contributed by atoms with van der Waals surface area (Å²) < 4.78 is 0. The summed E-state index contributed by atoms with van der Waals surface area (Å²) in [6.45, 7) is 0. The van der Waals surface area contributed by atoms with Crippen LogP contribution in [0.2, 0.25) is 0 Å². The Kier molecular flexibility index (Phi) is 8.46. The number of halogens is 1. The maximum absolute atomic E-state index is 7.51. The van der Waals surface area contributed by atoms with Gasteiger partial charge < -0.3 is 10.8 Å². The average Bonchev–Trinajstić information content (AvgIpc) is 2.09. The lowest BCUT2D eigenvalue weighted by Crippen LogP contribution is -1.96. The van der Waals surface area contributed by atoms with Gasteiger partial charge in [-0.2, -0.15) is 0 Å². The maximum atomic E-state index is 7.51. The van der Waals surface area contributed by atoms with Crippen molar-refractivity contribution in [2.45, 2.75) is 38.5 Å². The number of hydrogen-bond donors (Lipinski definition) is 2. The van der Waals surface area contributed by atoms with Gasteiger partial charge in [0.2, 0.25) is 0 Å². The van der Waals surface area contributed by atoms with Crippen LogP contribution in [0.25, 0.3) is 0 Å². The molecule has 0 amide bonds. The first-order chi connectivity index (χ1) is 5.81. The van der Waals surface area contributed by atoms with E-state index in [4.69, 9.17) is 22.4 Å². The summed E-state index contributed by atoms with van der Waals surface area (Å²) in [4.78, 5) is 0. The Balaban J connectivity index is 3.13. The third kappa shape index (κ3) is 7.73. The molecule has 70 valence electrons. The van der Waals surface area contributed by atoms with Gasteiger partial charge in [0, 0.05) is 11.6 Å². The summed E-state index contributed by atoms with van der Waals surface area (Å²) in [5.41, 5.74) is 0.806. The summed E-state index contributed by atoms with van der Waals surface area (Å²) in [7, 11) is 0. The fourth-order valence-corrected chi connectivity index (χ4v) is 1.12. The molecule has 0 spiro atoms. The molecule has 12 heavy (non-hydrogen) atoms. The van der Waals surface area contributed by atoms with Crippen LogP contribution in [-0.2, 0) is 0 Å². The molecular weight excluding hydrogens is 172 g/mol. The van der Waals surface area contributed by atoms with E-state index in [0.717, 1.165) is 44.2 Å². The molecule has 0 aromatic heterocycles. The zero-order chi connectivity index (χ0) is 9.23. The second kappa shape index (κ2) is 8.72. The minimum Gasteiger partial charge on any atom is -0.313 e. The van der Waals surface area contributed by atoms with Crippen molar-refractivity contribution in [2.24, 2.45) is 0 Å². The molecule has 0 rings (SSSR count). The Morgan fingerprint density at radius 2 is 1.83 bits per heavy atom. The highest BCUT2D eigenvalue weighted by atomic mass is 35.5. The summed E-state index contributed by atoms with van der Waals surface area (Å²) in [6, 6.07) is 0. The van der Waals surface area contributed by atoms with Gasteiger partial charge in [-0.05, 0) is 44.7 Å². The standard InChI is InChI=1S/C9H17ClN2/c10-7-4-6-9(12)5-2-1-3-8-11/h8,11-12H,1-7H2. The number of nitrogens with one attached hydrogen (secondary N) is 2. The Labute approximate surface area is 79.3 Å². The minimum atomic E-state index is 0.656. The van der Waals surface area contributed by atoms with E-state index < -0.39 is 0 Å². The van der Waals surface area contributed by atoms with Gasteiger partial charge >= 0.3 is 0 Å². The SMILES string of the molecule is N=CCCCCC(=N)CCCCl. The van der Waals surface area contributed by atoms with E-state index in [1.165, 1.54) is 6.21 Å². The zero-order valence-electron chi connectivity index (χ0n) is 7.41. The third-order valence-corrected chi connectivity index (χ3v) is 1.96. The largest absolute Gasteiger partial charge is 0.313 e. The summed E-state index contributed by atoms with van der Waals surface area (Å²) in [5.74, 6) is 0.656. The predicted molar refractivity (Wildman–Crippen MR) is 54.9 cm³/mol. The summed E-state index contributed by atoms with van der Waals surface area (Å²) >= 11 is 5.50. The smallest absolute Gasteiger partial charge is 0.0227 e. The van der Waals surface area contributed by atoms with E-state index >= 15 is 0 Å². The molecule has 0 aliphatic carbocycles. The monoisotopic (exact) mass is 188 g/mol. The van der Waals surface area contributed by atoms with Gasteiger partial charge in [0.1, 0.15) is 0 Å². The quantitative estimate of drug-likeness (QED) is 0.334. The Morgan fingerprint density at radius 3 is 2.42 bits per heavy atom. The maximum Gasteiger partial charge on any atom is 0.0227 e. The van der Waals surface area contributed by atoms with Crippen LogP contribution in [0.1, 0.15) is 38.5 Å². The van der Waals surface area contributed by atoms with Gasteiger partial charge in [-0.15, -0.1) is 11.6 Å². The summed E-state index contributed by atoms with van der Waals surface area (Å²) in [5, 5.41) is 14.3. The van der Waals surface area contributed by atoms with Crippen LogP contribution in [0.3, 0.4) is 0 Å². The van der Waals surface area contributed by atoms with E-state index in [2.05, 4.69) is 0 Å². The average molecular weight is 189 g/mol. The van der Waals surface area contributed by atoms with Gasteiger partial charge in [-0.25, -0.2) is 0 Å². The number of unbranched alkanes of at least 4 members (excludes halogenated alkanes) is 2.